The van der Waals surface area contributed by atoms with Gasteiger partial charge in [-0.2, -0.15) is 0 Å². The molecule has 1 heterocycles. The number of hydrogen-bond donors (Lipinski definition) is 0. The first kappa shape index (κ1) is 14.0. The molecule has 18 heavy (non-hydrogen) atoms. The molecular formula is C16H19NO. The third kappa shape index (κ3) is 4.06. The van der Waals surface area contributed by atoms with Crippen molar-refractivity contribution < 1.29 is 4.74 Å². The number of ether oxygens (including phenoxy) is 1. The zero-order valence-corrected chi connectivity index (χ0v) is 11.2. The molecule has 0 saturated carbocycles. The van der Waals surface area contributed by atoms with E-state index in [0.29, 0.717) is 5.76 Å². The number of allylic oxidation sites excluding steroid dienone is 4. The van der Waals surface area contributed by atoms with Crippen LogP contribution in [0.3, 0.4) is 0 Å². The molecule has 0 N–H and O–H groups in total. The molecule has 0 saturated heterocycles. The van der Waals surface area contributed by atoms with Gasteiger partial charge >= 0.3 is 0 Å². The van der Waals surface area contributed by atoms with Gasteiger partial charge in [-0.15, -0.1) is 0 Å². The highest BCUT2D eigenvalue weighted by Crippen LogP contribution is 2.21. The van der Waals surface area contributed by atoms with Gasteiger partial charge in [0, 0.05) is 11.8 Å². The predicted octanol–water partition coefficient (Wildman–Crippen LogP) is 4.36. The summed E-state index contributed by atoms with van der Waals surface area (Å²) in [5, 5.41) is 0. The number of pyridine rings is 1. The lowest BCUT2D eigenvalue weighted by atomic mass is 10.1. The molecule has 1 rings (SSSR count). The molecule has 0 radical (unpaired) electrons. The summed E-state index contributed by atoms with van der Waals surface area (Å²) in [7, 11) is 0. The van der Waals surface area contributed by atoms with E-state index in [2.05, 4.69) is 18.1 Å². The Morgan fingerprint density at radius 1 is 1.39 bits per heavy atom. The number of nitrogens with zero attached hydrogens (tertiary/aromatic N) is 1. The van der Waals surface area contributed by atoms with E-state index in [9.17, 15) is 0 Å². The molecule has 0 atom stereocenters. The van der Waals surface area contributed by atoms with Crippen molar-refractivity contribution in [3.63, 3.8) is 0 Å². The summed E-state index contributed by atoms with van der Waals surface area (Å²) in [6.07, 6.45) is 7.34. The average molecular weight is 241 g/mol. The van der Waals surface area contributed by atoms with Crippen molar-refractivity contribution in [3.05, 3.63) is 72.3 Å². The van der Waals surface area contributed by atoms with Crippen LogP contribution in [0, 0.1) is 6.92 Å². The maximum Gasteiger partial charge on any atom is 0.148 e. The van der Waals surface area contributed by atoms with Gasteiger partial charge < -0.3 is 4.74 Å². The fourth-order valence-electron chi connectivity index (χ4n) is 1.43. The molecule has 0 bridgehead atoms. The average Bonchev–Trinajstić information content (AvgIpc) is 2.31. The van der Waals surface area contributed by atoms with Crippen molar-refractivity contribution in [1.29, 1.82) is 0 Å². The van der Waals surface area contributed by atoms with E-state index in [4.69, 9.17) is 4.74 Å². The minimum Gasteiger partial charge on any atom is -0.455 e. The van der Waals surface area contributed by atoms with Crippen molar-refractivity contribution in [2.24, 2.45) is 0 Å². The summed E-state index contributed by atoms with van der Waals surface area (Å²) >= 11 is 0. The summed E-state index contributed by atoms with van der Waals surface area (Å²) in [4.78, 5) is 4.18. The lowest BCUT2D eigenvalue weighted by molar-refractivity contribution is 0.435. The second kappa shape index (κ2) is 6.60. The van der Waals surface area contributed by atoms with E-state index >= 15 is 0 Å². The Balaban J connectivity index is 2.93. The summed E-state index contributed by atoms with van der Waals surface area (Å²) in [6.45, 7) is 13.6. The van der Waals surface area contributed by atoms with E-state index in [0.717, 1.165) is 17.0 Å². The highest BCUT2D eigenvalue weighted by molar-refractivity contribution is 5.41. The lowest BCUT2D eigenvalue weighted by Crippen LogP contribution is -1.99. The van der Waals surface area contributed by atoms with E-state index in [1.54, 1.807) is 12.3 Å². The molecule has 94 valence electrons. The molecule has 0 aliphatic heterocycles. The van der Waals surface area contributed by atoms with Gasteiger partial charge in [0.2, 0.25) is 0 Å². The van der Waals surface area contributed by atoms with Crippen LogP contribution in [0.5, 0.6) is 5.75 Å². The Bertz CT molecular complexity index is 506. The highest BCUT2D eigenvalue weighted by Gasteiger charge is 2.05. The number of rotatable bonds is 5. The molecule has 2 nitrogen and oxygen atoms in total. The minimum absolute atomic E-state index is 0.590. The van der Waals surface area contributed by atoms with Crippen LogP contribution in [0.25, 0.3) is 0 Å². The van der Waals surface area contributed by atoms with Gasteiger partial charge in [-0.25, -0.2) is 0 Å². The topological polar surface area (TPSA) is 22.1 Å². The fourth-order valence-corrected chi connectivity index (χ4v) is 1.43. The minimum atomic E-state index is 0.590. The summed E-state index contributed by atoms with van der Waals surface area (Å²) in [6, 6.07) is 3.72. The molecular weight excluding hydrogens is 222 g/mol. The van der Waals surface area contributed by atoms with Gasteiger partial charge in [0.05, 0.1) is 5.69 Å². The van der Waals surface area contributed by atoms with Crippen LogP contribution in [0.2, 0.25) is 0 Å². The number of hydrogen-bond acceptors (Lipinski definition) is 2. The van der Waals surface area contributed by atoms with Crippen molar-refractivity contribution in [2.75, 3.05) is 0 Å². The molecule has 0 aliphatic carbocycles. The van der Waals surface area contributed by atoms with Crippen LogP contribution in [0.15, 0.2) is 66.6 Å². The molecule has 0 aliphatic rings. The largest absolute Gasteiger partial charge is 0.455 e. The normalized spacial score (nSPS) is 10.7. The zero-order valence-electron chi connectivity index (χ0n) is 11.2. The SMILES string of the molecule is C=C/C=C(\C=C(C)C)C(=C)Oc1cccnc1C. The third-order valence-corrected chi connectivity index (χ3v) is 2.26. The summed E-state index contributed by atoms with van der Waals surface area (Å²) in [5.41, 5.74) is 2.93. The summed E-state index contributed by atoms with van der Waals surface area (Å²) < 4.78 is 5.74. The molecule has 0 aromatic carbocycles. The quantitative estimate of drug-likeness (QED) is 0.564. The second-order valence-corrected chi connectivity index (χ2v) is 4.19. The first-order valence-electron chi connectivity index (χ1n) is 5.81. The van der Waals surface area contributed by atoms with E-state index in [1.165, 1.54) is 5.57 Å². The Morgan fingerprint density at radius 3 is 2.67 bits per heavy atom. The van der Waals surface area contributed by atoms with Crippen LogP contribution in [-0.4, -0.2) is 4.98 Å². The van der Waals surface area contributed by atoms with Crippen LogP contribution >= 0.6 is 0 Å². The second-order valence-electron chi connectivity index (χ2n) is 4.19. The Hall–Kier alpha value is -2.09. The van der Waals surface area contributed by atoms with Gasteiger partial charge in [0.25, 0.3) is 0 Å². The van der Waals surface area contributed by atoms with Crippen LogP contribution < -0.4 is 4.74 Å². The van der Waals surface area contributed by atoms with E-state index < -0.39 is 0 Å². The van der Waals surface area contributed by atoms with E-state index in [-0.39, 0.29) is 0 Å². The first-order valence-corrected chi connectivity index (χ1v) is 5.81. The van der Waals surface area contributed by atoms with Crippen LogP contribution in [0.4, 0.5) is 0 Å². The highest BCUT2D eigenvalue weighted by atomic mass is 16.5. The third-order valence-electron chi connectivity index (χ3n) is 2.26. The fraction of sp³-hybridized carbons (Fsp3) is 0.188. The molecule has 1 aromatic rings. The summed E-state index contributed by atoms with van der Waals surface area (Å²) in [5.74, 6) is 1.31. The van der Waals surface area contributed by atoms with Crippen molar-refractivity contribution in [1.82, 2.24) is 4.98 Å². The maximum atomic E-state index is 5.74. The molecule has 0 unspecified atom stereocenters. The molecule has 0 amide bonds. The van der Waals surface area contributed by atoms with Crippen molar-refractivity contribution in [3.8, 4) is 5.75 Å². The maximum absolute atomic E-state index is 5.74. The van der Waals surface area contributed by atoms with Gasteiger partial charge in [-0.1, -0.05) is 37.0 Å². The monoisotopic (exact) mass is 241 g/mol. The zero-order chi connectivity index (χ0) is 13.5. The Labute approximate surface area is 109 Å². The van der Waals surface area contributed by atoms with Gasteiger partial charge in [0.15, 0.2) is 0 Å². The molecule has 0 spiro atoms. The van der Waals surface area contributed by atoms with E-state index in [1.807, 2.05) is 45.1 Å². The van der Waals surface area contributed by atoms with Gasteiger partial charge in [-0.05, 0) is 32.9 Å². The predicted molar refractivity (Wildman–Crippen MR) is 76.5 cm³/mol. The molecule has 1 aromatic heterocycles. The lowest BCUT2D eigenvalue weighted by Gasteiger charge is -2.11. The Kier molecular flexibility index (Phi) is 5.12. The molecule has 0 fully saturated rings. The number of aryl methyl sites for hydroxylation is 1. The standard InChI is InChI=1S/C16H19NO/c1-6-8-15(11-12(2)3)14(5)18-16-9-7-10-17-13(16)4/h6-11H,1,5H2,2-4H3/b15-8+. The smallest absolute Gasteiger partial charge is 0.148 e. The Morgan fingerprint density at radius 2 is 2.11 bits per heavy atom. The van der Waals surface area contributed by atoms with Crippen LogP contribution in [-0.2, 0) is 0 Å². The number of aromatic nitrogens is 1. The van der Waals surface area contributed by atoms with Crippen LogP contribution in [0.1, 0.15) is 19.5 Å². The van der Waals surface area contributed by atoms with Gasteiger partial charge in [0.1, 0.15) is 11.5 Å². The van der Waals surface area contributed by atoms with Gasteiger partial charge in [-0.3, -0.25) is 4.98 Å². The first-order chi connectivity index (χ1) is 8.54. The van der Waals surface area contributed by atoms with Crippen molar-refractivity contribution in [2.45, 2.75) is 20.8 Å². The van der Waals surface area contributed by atoms with Crippen molar-refractivity contribution >= 4 is 0 Å². The molecule has 2 heteroatoms.